The van der Waals surface area contributed by atoms with Crippen LogP contribution in [0.4, 0.5) is 0 Å². The summed E-state index contributed by atoms with van der Waals surface area (Å²) in [5, 5.41) is 11.0. The Bertz CT molecular complexity index is 855. The Morgan fingerprint density at radius 3 is 2.38 bits per heavy atom. The Morgan fingerprint density at radius 1 is 1.08 bits per heavy atom. The number of aliphatic hydroxyl groups is 1. The molecule has 4 aliphatic rings. The second kappa shape index (κ2) is 5.43. The highest BCUT2D eigenvalue weighted by molar-refractivity contribution is 7.86. The van der Waals surface area contributed by atoms with E-state index >= 15 is 0 Å². The van der Waals surface area contributed by atoms with Crippen LogP contribution in [-0.4, -0.2) is 25.7 Å². The van der Waals surface area contributed by atoms with E-state index in [1.54, 1.807) is 24.3 Å². The molecule has 5 atom stereocenters. The van der Waals surface area contributed by atoms with Gasteiger partial charge in [0.15, 0.2) is 0 Å². The van der Waals surface area contributed by atoms with Crippen molar-refractivity contribution in [2.75, 3.05) is 0 Å². The van der Waals surface area contributed by atoms with E-state index in [0.29, 0.717) is 5.92 Å². The molecule has 0 heterocycles. The van der Waals surface area contributed by atoms with Crippen LogP contribution in [0.1, 0.15) is 45.6 Å². The van der Waals surface area contributed by atoms with Crippen molar-refractivity contribution in [2.45, 2.75) is 64.1 Å². The van der Waals surface area contributed by atoms with Crippen LogP contribution in [0.5, 0.6) is 0 Å². The molecule has 0 radical (unpaired) electrons. The normalized spacial score (nSPS) is 40.6. The molecule has 0 saturated heterocycles. The summed E-state index contributed by atoms with van der Waals surface area (Å²) in [4.78, 5) is 0.149. The van der Waals surface area contributed by atoms with E-state index in [-0.39, 0.29) is 10.3 Å². The summed E-state index contributed by atoms with van der Waals surface area (Å²) >= 11 is 0. The molecule has 5 rings (SSSR count). The third kappa shape index (κ3) is 2.59. The standard InChI is InChI=1S/C21H28O4S/c1-14-5-7-16(8-6-14)26(23,24)25-18-17(22)20(4)9-10-21(18)13-19(2,3)11-15(21)12-20/h5-10,15,17-18,22H,11-13H2,1-4H3/t15-,17-,18+,20+,21+/m1/s1. The fourth-order valence-electron chi connectivity index (χ4n) is 5.63. The molecule has 1 spiro atoms. The third-order valence-corrected chi connectivity index (χ3v) is 8.15. The molecule has 26 heavy (non-hydrogen) atoms. The molecule has 2 bridgehead atoms. The van der Waals surface area contributed by atoms with Gasteiger partial charge in [-0.05, 0) is 49.7 Å². The van der Waals surface area contributed by atoms with E-state index in [2.05, 4.69) is 26.0 Å². The zero-order valence-corrected chi connectivity index (χ0v) is 16.7. The minimum atomic E-state index is -3.93. The average Bonchev–Trinajstić information content (AvgIpc) is 2.81. The van der Waals surface area contributed by atoms with Crippen LogP contribution in [0, 0.1) is 29.1 Å². The Hall–Kier alpha value is -1.17. The van der Waals surface area contributed by atoms with Gasteiger partial charge in [-0.1, -0.05) is 50.6 Å². The van der Waals surface area contributed by atoms with Gasteiger partial charge in [-0.25, -0.2) is 0 Å². The van der Waals surface area contributed by atoms with Gasteiger partial charge in [-0.3, -0.25) is 4.18 Å². The highest BCUT2D eigenvalue weighted by atomic mass is 32.2. The Balaban J connectivity index is 1.73. The Kier molecular flexibility index (Phi) is 3.80. The van der Waals surface area contributed by atoms with Gasteiger partial charge in [-0.15, -0.1) is 0 Å². The Labute approximate surface area is 156 Å². The van der Waals surface area contributed by atoms with E-state index in [1.165, 1.54) is 0 Å². The predicted molar refractivity (Wildman–Crippen MR) is 100 cm³/mol. The summed E-state index contributed by atoms with van der Waals surface area (Å²) in [5.41, 5.74) is 0.269. The van der Waals surface area contributed by atoms with Gasteiger partial charge in [0.1, 0.15) is 6.10 Å². The lowest BCUT2D eigenvalue weighted by Gasteiger charge is -2.56. The van der Waals surface area contributed by atoms with Crippen LogP contribution in [0.25, 0.3) is 0 Å². The van der Waals surface area contributed by atoms with Crippen molar-refractivity contribution >= 4 is 10.1 Å². The fourth-order valence-corrected chi connectivity index (χ4v) is 6.77. The fraction of sp³-hybridized carbons (Fsp3) is 0.619. The molecule has 142 valence electrons. The first-order valence-corrected chi connectivity index (χ1v) is 10.8. The SMILES string of the molecule is Cc1ccc(S(=O)(=O)O[C@H]2[C@@H](O)[C@@]3(C)C=C[C@@]24CC(C)(C)C[C@@H]4C3)cc1. The van der Waals surface area contributed by atoms with Gasteiger partial charge in [0, 0.05) is 10.8 Å². The third-order valence-electron chi connectivity index (χ3n) is 6.84. The maximum absolute atomic E-state index is 12.9. The smallest absolute Gasteiger partial charge is 0.297 e. The number of fused-ring (bicyclic) bond motifs is 1. The Morgan fingerprint density at radius 2 is 1.73 bits per heavy atom. The van der Waals surface area contributed by atoms with Crippen molar-refractivity contribution in [3.63, 3.8) is 0 Å². The zero-order chi connectivity index (χ0) is 19.0. The molecule has 0 aliphatic heterocycles. The van der Waals surface area contributed by atoms with Gasteiger partial charge in [-0.2, -0.15) is 8.42 Å². The lowest BCUT2D eigenvalue weighted by molar-refractivity contribution is -0.139. The van der Waals surface area contributed by atoms with Gasteiger partial charge < -0.3 is 5.11 Å². The summed E-state index contributed by atoms with van der Waals surface area (Å²) in [5.74, 6) is 0.342. The summed E-state index contributed by atoms with van der Waals surface area (Å²) in [7, 11) is -3.93. The molecule has 1 N–H and O–H groups in total. The summed E-state index contributed by atoms with van der Waals surface area (Å²) in [6, 6.07) is 6.67. The second-order valence-corrected chi connectivity index (χ2v) is 11.2. The maximum atomic E-state index is 12.9. The van der Waals surface area contributed by atoms with E-state index in [9.17, 15) is 13.5 Å². The van der Waals surface area contributed by atoms with Gasteiger partial charge >= 0.3 is 0 Å². The minimum Gasteiger partial charge on any atom is -0.389 e. The van der Waals surface area contributed by atoms with Crippen molar-refractivity contribution < 1.29 is 17.7 Å². The van der Waals surface area contributed by atoms with Crippen molar-refractivity contribution in [3.8, 4) is 0 Å². The van der Waals surface area contributed by atoms with E-state index in [4.69, 9.17) is 4.18 Å². The molecule has 0 unspecified atom stereocenters. The van der Waals surface area contributed by atoms with Crippen LogP contribution in [-0.2, 0) is 14.3 Å². The molecule has 2 saturated carbocycles. The highest BCUT2D eigenvalue weighted by Crippen LogP contribution is 2.67. The molecule has 1 aromatic carbocycles. The van der Waals surface area contributed by atoms with E-state index in [0.717, 1.165) is 24.8 Å². The lowest BCUT2D eigenvalue weighted by atomic mass is 9.52. The second-order valence-electron chi connectivity index (χ2n) is 9.63. The van der Waals surface area contributed by atoms with E-state index in [1.807, 2.05) is 13.8 Å². The first-order valence-electron chi connectivity index (χ1n) is 9.36. The molecule has 5 heteroatoms. The van der Waals surface area contributed by atoms with Crippen LogP contribution in [0.3, 0.4) is 0 Å². The molecule has 2 fully saturated rings. The van der Waals surface area contributed by atoms with Crippen LogP contribution < -0.4 is 0 Å². The van der Waals surface area contributed by atoms with Gasteiger partial charge in [0.2, 0.25) is 0 Å². The summed E-state index contributed by atoms with van der Waals surface area (Å²) < 4.78 is 31.6. The van der Waals surface area contributed by atoms with Crippen molar-refractivity contribution in [2.24, 2.45) is 22.2 Å². The highest BCUT2D eigenvalue weighted by Gasteiger charge is 2.66. The molecule has 0 amide bonds. The molecule has 1 aromatic rings. The molecule has 0 aromatic heterocycles. The maximum Gasteiger partial charge on any atom is 0.297 e. The molecule has 4 aliphatic carbocycles. The number of hydrogen-bond donors (Lipinski definition) is 1. The summed E-state index contributed by atoms with van der Waals surface area (Å²) in [6.45, 7) is 8.37. The van der Waals surface area contributed by atoms with Gasteiger partial charge in [0.25, 0.3) is 10.1 Å². The molecular weight excluding hydrogens is 348 g/mol. The minimum absolute atomic E-state index is 0.111. The zero-order valence-electron chi connectivity index (χ0n) is 15.9. The van der Waals surface area contributed by atoms with E-state index < -0.39 is 33.2 Å². The van der Waals surface area contributed by atoms with Crippen molar-refractivity contribution in [1.82, 2.24) is 0 Å². The summed E-state index contributed by atoms with van der Waals surface area (Å²) in [6.07, 6.45) is 5.44. The number of benzene rings is 1. The quantitative estimate of drug-likeness (QED) is 0.643. The number of hydrogen-bond acceptors (Lipinski definition) is 4. The largest absolute Gasteiger partial charge is 0.389 e. The average molecular weight is 377 g/mol. The van der Waals surface area contributed by atoms with Crippen LogP contribution in [0.15, 0.2) is 41.3 Å². The van der Waals surface area contributed by atoms with Crippen LogP contribution in [0.2, 0.25) is 0 Å². The van der Waals surface area contributed by atoms with Crippen molar-refractivity contribution in [3.05, 3.63) is 42.0 Å². The van der Waals surface area contributed by atoms with Crippen molar-refractivity contribution in [1.29, 1.82) is 0 Å². The molecule has 4 nitrogen and oxygen atoms in total. The number of rotatable bonds is 3. The number of aryl methyl sites for hydroxylation is 1. The monoisotopic (exact) mass is 376 g/mol. The molecular formula is C21H28O4S. The first-order chi connectivity index (χ1) is 12.0. The number of aliphatic hydroxyl groups excluding tert-OH is 1. The van der Waals surface area contributed by atoms with Crippen LogP contribution >= 0.6 is 0 Å². The van der Waals surface area contributed by atoms with Gasteiger partial charge in [0.05, 0.1) is 11.0 Å². The first kappa shape index (κ1) is 18.2. The topological polar surface area (TPSA) is 63.6 Å². The lowest BCUT2D eigenvalue weighted by Crippen LogP contribution is -2.61. The predicted octanol–water partition coefficient (Wildman–Crippen LogP) is 3.83.